The van der Waals surface area contributed by atoms with E-state index in [1.54, 1.807) is 6.07 Å². The number of carbonyl (C=O) groups is 2. The maximum atomic E-state index is 12.5. The van der Waals surface area contributed by atoms with Crippen molar-refractivity contribution >= 4 is 17.8 Å². The first kappa shape index (κ1) is 19.5. The SMILES string of the molecule is COC(=O)N[C@H](CC(C)C)C(=O)Nc1cc(-c2cc(C)cc(C)c2)[nH]n1. The van der Waals surface area contributed by atoms with Crippen LogP contribution in [0.3, 0.4) is 0 Å². The van der Waals surface area contributed by atoms with E-state index in [0.717, 1.165) is 22.4 Å². The normalized spacial score (nSPS) is 11.9. The van der Waals surface area contributed by atoms with Crippen molar-refractivity contribution in [2.24, 2.45) is 5.92 Å². The van der Waals surface area contributed by atoms with E-state index >= 15 is 0 Å². The number of anilines is 1. The Morgan fingerprint density at radius 1 is 1.15 bits per heavy atom. The molecule has 1 aromatic heterocycles. The Kier molecular flexibility index (Phi) is 6.38. The van der Waals surface area contributed by atoms with Gasteiger partial charge in [0.25, 0.3) is 0 Å². The first-order valence-corrected chi connectivity index (χ1v) is 8.58. The Morgan fingerprint density at radius 2 is 1.81 bits per heavy atom. The number of H-pyrrole nitrogens is 1. The van der Waals surface area contributed by atoms with Crippen LogP contribution in [0.1, 0.15) is 31.4 Å². The molecule has 0 saturated heterocycles. The number of hydrogen-bond acceptors (Lipinski definition) is 4. The van der Waals surface area contributed by atoms with E-state index in [1.165, 1.54) is 7.11 Å². The average Bonchev–Trinajstić information content (AvgIpc) is 3.01. The molecule has 0 saturated carbocycles. The van der Waals surface area contributed by atoms with Crippen LogP contribution in [0.25, 0.3) is 11.3 Å². The fourth-order valence-electron chi connectivity index (χ4n) is 2.78. The summed E-state index contributed by atoms with van der Waals surface area (Å²) in [6.45, 7) is 8.02. The van der Waals surface area contributed by atoms with E-state index < -0.39 is 12.1 Å². The minimum atomic E-state index is -0.691. The van der Waals surface area contributed by atoms with Crippen LogP contribution in [0.5, 0.6) is 0 Å². The van der Waals surface area contributed by atoms with Crippen LogP contribution in [0, 0.1) is 19.8 Å². The summed E-state index contributed by atoms with van der Waals surface area (Å²) >= 11 is 0. The molecule has 0 aliphatic carbocycles. The second kappa shape index (κ2) is 8.51. The molecular weight excluding hydrogens is 332 g/mol. The van der Waals surface area contributed by atoms with Crippen LogP contribution in [-0.4, -0.2) is 35.3 Å². The number of carbonyl (C=O) groups excluding carboxylic acids is 2. The van der Waals surface area contributed by atoms with Crippen molar-refractivity contribution in [2.45, 2.75) is 40.2 Å². The molecule has 26 heavy (non-hydrogen) atoms. The third kappa shape index (κ3) is 5.34. The van der Waals surface area contributed by atoms with Crippen LogP contribution in [-0.2, 0) is 9.53 Å². The predicted molar refractivity (Wildman–Crippen MR) is 101 cm³/mol. The Bertz CT molecular complexity index is 763. The number of aromatic amines is 1. The highest BCUT2D eigenvalue weighted by Crippen LogP contribution is 2.22. The number of amides is 2. The molecule has 1 heterocycles. The van der Waals surface area contributed by atoms with E-state index in [9.17, 15) is 9.59 Å². The zero-order valence-corrected chi connectivity index (χ0v) is 15.8. The van der Waals surface area contributed by atoms with Crippen molar-refractivity contribution in [1.82, 2.24) is 15.5 Å². The van der Waals surface area contributed by atoms with Gasteiger partial charge in [0, 0.05) is 11.6 Å². The fourth-order valence-corrected chi connectivity index (χ4v) is 2.78. The lowest BCUT2D eigenvalue weighted by atomic mass is 10.0. The molecule has 2 amide bonds. The maximum Gasteiger partial charge on any atom is 0.407 e. The number of alkyl carbamates (subject to hydrolysis) is 1. The molecule has 3 N–H and O–H groups in total. The molecule has 0 aliphatic rings. The van der Waals surface area contributed by atoms with Crippen molar-refractivity contribution < 1.29 is 14.3 Å². The van der Waals surface area contributed by atoms with Gasteiger partial charge in [0.05, 0.1) is 12.8 Å². The highest BCUT2D eigenvalue weighted by molar-refractivity contribution is 5.96. The second-order valence-electron chi connectivity index (χ2n) is 6.85. The Balaban J connectivity index is 2.12. The zero-order valence-electron chi connectivity index (χ0n) is 15.8. The van der Waals surface area contributed by atoms with Crippen molar-refractivity contribution in [1.29, 1.82) is 0 Å². The number of hydrogen-bond donors (Lipinski definition) is 3. The molecule has 7 nitrogen and oxygen atoms in total. The summed E-state index contributed by atoms with van der Waals surface area (Å²) in [7, 11) is 1.27. The fraction of sp³-hybridized carbons (Fsp3) is 0.421. The summed E-state index contributed by atoms with van der Waals surface area (Å²) in [6, 6.07) is 7.27. The number of nitrogens with one attached hydrogen (secondary N) is 3. The van der Waals surface area contributed by atoms with Crippen molar-refractivity contribution in [2.75, 3.05) is 12.4 Å². The van der Waals surface area contributed by atoms with E-state index in [0.29, 0.717) is 12.2 Å². The monoisotopic (exact) mass is 358 g/mol. The molecule has 1 atom stereocenters. The van der Waals surface area contributed by atoms with Gasteiger partial charge in [-0.2, -0.15) is 5.10 Å². The highest BCUT2D eigenvalue weighted by Gasteiger charge is 2.23. The highest BCUT2D eigenvalue weighted by atomic mass is 16.5. The minimum Gasteiger partial charge on any atom is -0.453 e. The van der Waals surface area contributed by atoms with Gasteiger partial charge in [0.2, 0.25) is 5.91 Å². The van der Waals surface area contributed by atoms with Crippen LogP contribution >= 0.6 is 0 Å². The van der Waals surface area contributed by atoms with Gasteiger partial charge in [-0.1, -0.05) is 31.0 Å². The number of ether oxygens (including phenoxy) is 1. The third-order valence-corrected chi connectivity index (χ3v) is 3.86. The van der Waals surface area contributed by atoms with Crippen molar-refractivity contribution in [3.05, 3.63) is 35.4 Å². The van der Waals surface area contributed by atoms with Gasteiger partial charge >= 0.3 is 6.09 Å². The molecule has 0 fully saturated rings. The molecule has 2 aromatic rings. The molecule has 140 valence electrons. The Morgan fingerprint density at radius 3 is 2.38 bits per heavy atom. The van der Waals surface area contributed by atoms with Gasteiger partial charge in [-0.25, -0.2) is 4.79 Å². The van der Waals surface area contributed by atoms with Gasteiger partial charge in [0.15, 0.2) is 5.82 Å². The van der Waals surface area contributed by atoms with E-state index in [4.69, 9.17) is 0 Å². The van der Waals surface area contributed by atoms with E-state index in [2.05, 4.69) is 31.6 Å². The molecule has 0 radical (unpaired) electrons. The lowest BCUT2D eigenvalue weighted by molar-refractivity contribution is -0.118. The molecule has 0 bridgehead atoms. The van der Waals surface area contributed by atoms with Gasteiger partial charge in [-0.3, -0.25) is 9.89 Å². The Labute approximate surface area is 153 Å². The number of rotatable bonds is 6. The van der Waals surface area contributed by atoms with Gasteiger partial charge in [-0.05, 0) is 38.3 Å². The number of aromatic nitrogens is 2. The van der Waals surface area contributed by atoms with Crippen LogP contribution in [0.15, 0.2) is 24.3 Å². The van der Waals surface area contributed by atoms with Crippen molar-refractivity contribution in [3.63, 3.8) is 0 Å². The first-order valence-electron chi connectivity index (χ1n) is 8.58. The summed E-state index contributed by atoms with van der Waals surface area (Å²) in [4.78, 5) is 24.0. The number of aryl methyl sites for hydroxylation is 2. The molecule has 0 spiro atoms. The molecule has 2 rings (SSSR count). The smallest absolute Gasteiger partial charge is 0.407 e. The maximum absolute atomic E-state index is 12.5. The van der Waals surface area contributed by atoms with Crippen molar-refractivity contribution in [3.8, 4) is 11.3 Å². The van der Waals surface area contributed by atoms with Crippen LogP contribution in [0.2, 0.25) is 0 Å². The molecular formula is C19H26N4O3. The predicted octanol–water partition coefficient (Wildman–Crippen LogP) is 3.40. The number of methoxy groups -OCH3 is 1. The zero-order chi connectivity index (χ0) is 19.3. The molecule has 0 aliphatic heterocycles. The summed E-state index contributed by atoms with van der Waals surface area (Å²) in [5.41, 5.74) is 4.12. The standard InChI is InChI=1S/C19H26N4O3/c1-11(2)6-16(20-19(25)26-5)18(24)21-17-10-15(22-23-17)14-8-12(3)7-13(4)9-14/h7-11,16H,6H2,1-5H3,(H,20,25)(H2,21,22,23,24)/t16-/m1/s1. The lowest BCUT2D eigenvalue weighted by Gasteiger charge is -2.18. The topological polar surface area (TPSA) is 96.1 Å². The summed E-state index contributed by atoms with van der Waals surface area (Å²) in [5, 5.41) is 12.4. The quantitative estimate of drug-likeness (QED) is 0.737. The minimum absolute atomic E-state index is 0.230. The summed E-state index contributed by atoms with van der Waals surface area (Å²) in [5.74, 6) is 0.306. The van der Waals surface area contributed by atoms with Gasteiger partial charge in [0.1, 0.15) is 6.04 Å². The van der Waals surface area contributed by atoms with Gasteiger partial charge < -0.3 is 15.4 Å². The molecule has 7 heteroatoms. The van der Waals surface area contributed by atoms with E-state index in [1.807, 2.05) is 39.8 Å². The Hall–Kier alpha value is -2.83. The lowest BCUT2D eigenvalue weighted by Crippen LogP contribution is -2.44. The van der Waals surface area contributed by atoms with Crippen LogP contribution < -0.4 is 10.6 Å². The molecule has 1 aromatic carbocycles. The largest absolute Gasteiger partial charge is 0.453 e. The molecule has 0 unspecified atom stereocenters. The summed E-state index contributed by atoms with van der Waals surface area (Å²) < 4.78 is 4.60. The van der Waals surface area contributed by atoms with Crippen LogP contribution in [0.4, 0.5) is 10.6 Å². The number of nitrogens with zero attached hydrogens (tertiary/aromatic N) is 1. The van der Waals surface area contributed by atoms with E-state index in [-0.39, 0.29) is 11.8 Å². The second-order valence-corrected chi connectivity index (χ2v) is 6.85. The third-order valence-electron chi connectivity index (χ3n) is 3.86. The first-order chi connectivity index (χ1) is 12.3. The average molecular weight is 358 g/mol. The summed E-state index contributed by atoms with van der Waals surface area (Å²) in [6.07, 6.45) is -0.140. The van der Waals surface area contributed by atoms with Gasteiger partial charge in [-0.15, -0.1) is 0 Å². The number of benzene rings is 1.